The number of nitrogens with two attached hydrogens (primary N) is 1. The number of aromatic nitrogens is 1. The van der Waals surface area contributed by atoms with Crippen LogP contribution in [-0.4, -0.2) is 29.2 Å². The van der Waals surface area contributed by atoms with E-state index in [-0.39, 0.29) is 6.61 Å². The summed E-state index contributed by atoms with van der Waals surface area (Å²) in [7, 11) is 1.33. The minimum Gasteiger partial charge on any atom is -0.468 e. The van der Waals surface area contributed by atoms with Gasteiger partial charge in [-0.1, -0.05) is 30.3 Å². The van der Waals surface area contributed by atoms with E-state index in [4.69, 9.17) is 10.8 Å². The van der Waals surface area contributed by atoms with Crippen molar-refractivity contribution in [2.24, 2.45) is 5.73 Å². The van der Waals surface area contributed by atoms with Gasteiger partial charge in [-0.2, -0.15) is 0 Å². The zero-order valence-corrected chi connectivity index (χ0v) is 11.8. The van der Waals surface area contributed by atoms with Crippen LogP contribution in [0.25, 0.3) is 11.1 Å². The van der Waals surface area contributed by atoms with E-state index in [2.05, 4.69) is 9.72 Å². The Morgan fingerprint density at radius 3 is 2.43 bits per heavy atom. The van der Waals surface area contributed by atoms with Crippen molar-refractivity contribution in [2.45, 2.75) is 19.1 Å². The number of carbonyl (C=O) groups excluding carboxylic acids is 1. The molecule has 0 fully saturated rings. The van der Waals surface area contributed by atoms with Crippen LogP contribution in [0.15, 0.2) is 42.6 Å². The van der Waals surface area contributed by atoms with E-state index in [0.717, 1.165) is 16.7 Å². The van der Waals surface area contributed by atoms with Gasteiger partial charge in [0.05, 0.1) is 19.4 Å². The predicted octanol–water partition coefficient (Wildman–Crippen LogP) is 1.28. The number of methoxy groups -OCH3 is 1. The lowest BCUT2D eigenvalue weighted by Crippen LogP contribution is -2.33. The third kappa shape index (κ3) is 3.87. The Bertz CT molecular complexity index is 594. The Hall–Kier alpha value is -2.24. The van der Waals surface area contributed by atoms with Gasteiger partial charge in [-0.15, -0.1) is 0 Å². The molecule has 0 spiro atoms. The van der Waals surface area contributed by atoms with Crippen molar-refractivity contribution in [3.05, 3.63) is 53.9 Å². The molecule has 0 bridgehead atoms. The number of rotatable bonds is 5. The summed E-state index contributed by atoms with van der Waals surface area (Å²) in [6, 6.07) is 10.8. The average molecular weight is 286 g/mol. The predicted molar refractivity (Wildman–Crippen MR) is 79.3 cm³/mol. The zero-order valence-electron chi connectivity index (χ0n) is 11.8. The molecule has 5 nitrogen and oxygen atoms in total. The molecular formula is C16H18N2O3. The lowest BCUT2D eigenvalue weighted by atomic mass is 10.0. The van der Waals surface area contributed by atoms with Gasteiger partial charge in [-0.3, -0.25) is 9.78 Å². The fourth-order valence-electron chi connectivity index (χ4n) is 2.01. The molecule has 0 saturated carbocycles. The first-order chi connectivity index (χ1) is 10.1. The topological polar surface area (TPSA) is 85.4 Å². The van der Waals surface area contributed by atoms with Gasteiger partial charge in [0.25, 0.3) is 0 Å². The summed E-state index contributed by atoms with van der Waals surface area (Å²) in [6.45, 7) is -0.0648. The Balaban J connectivity index is 2.09. The summed E-state index contributed by atoms with van der Waals surface area (Å²) >= 11 is 0. The molecule has 0 saturated heterocycles. The van der Waals surface area contributed by atoms with E-state index in [1.165, 1.54) is 7.11 Å². The molecule has 5 heteroatoms. The molecule has 1 aromatic heterocycles. The number of aliphatic hydroxyl groups is 1. The normalized spacial score (nSPS) is 12.0. The highest BCUT2D eigenvalue weighted by molar-refractivity contribution is 5.75. The molecule has 0 aliphatic rings. The molecule has 1 atom stereocenters. The third-order valence-corrected chi connectivity index (χ3v) is 3.23. The van der Waals surface area contributed by atoms with E-state index < -0.39 is 12.0 Å². The second kappa shape index (κ2) is 6.97. The summed E-state index contributed by atoms with van der Waals surface area (Å²) in [5, 5.41) is 8.97. The number of pyridine rings is 1. The largest absolute Gasteiger partial charge is 0.468 e. The van der Waals surface area contributed by atoms with Gasteiger partial charge in [0.15, 0.2) is 0 Å². The molecule has 0 amide bonds. The van der Waals surface area contributed by atoms with Crippen molar-refractivity contribution in [1.82, 2.24) is 4.98 Å². The minimum atomic E-state index is -0.647. The fourth-order valence-corrected chi connectivity index (χ4v) is 2.01. The van der Waals surface area contributed by atoms with E-state index in [9.17, 15) is 4.79 Å². The second-order valence-electron chi connectivity index (χ2n) is 4.73. The SMILES string of the molecule is COC(=O)C(N)Cc1ccc(-c2ccc(CO)nc2)cc1. The smallest absolute Gasteiger partial charge is 0.322 e. The molecule has 1 heterocycles. The number of esters is 1. The molecule has 2 aromatic rings. The molecule has 1 unspecified atom stereocenters. The maximum absolute atomic E-state index is 11.3. The van der Waals surface area contributed by atoms with Gasteiger partial charge in [-0.05, 0) is 23.6 Å². The lowest BCUT2D eigenvalue weighted by molar-refractivity contribution is -0.142. The lowest BCUT2D eigenvalue weighted by Gasteiger charge is -2.10. The maximum Gasteiger partial charge on any atom is 0.322 e. The van der Waals surface area contributed by atoms with Gasteiger partial charge < -0.3 is 15.6 Å². The summed E-state index contributed by atoms with van der Waals surface area (Å²) in [4.78, 5) is 15.4. The van der Waals surface area contributed by atoms with Crippen LogP contribution < -0.4 is 5.73 Å². The fraction of sp³-hybridized carbons (Fsp3) is 0.250. The molecule has 1 aromatic carbocycles. The van der Waals surface area contributed by atoms with Gasteiger partial charge in [0.1, 0.15) is 6.04 Å². The molecule has 0 aliphatic heterocycles. The number of hydrogen-bond acceptors (Lipinski definition) is 5. The van der Waals surface area contributed by atoms with Gasteiger partial charge >= 0.3 is 5.97 Å². The second-order valence-corrected chi connectivity index (χ2v) is 4.73. The van der Waals surface area contributed by atoms with Crippen molar-refractivity contribution in [3.63, 3.8) is 0 Å². The van der Waals surface area contributed by atoms with Crippen LogP contribution in [0, 0.1) is 0 Å². The van der Waals surface area contributed by atoms with Crippen LogP contribution in [0.3, 0.4) is 0 Å². The molecule has 3 N–H and O–H groups in total. The Morgan fingerprint density at radius 1 is 1.24 bits per heavy atom. The van der Waals surface area contributed by atoms with Crippen LogP contribution in [0.1, 0.15) is 11.3 Å². The van der Waals surface area contributed by atoms with E-state index in [1.54, 1.807) is 12.3 Å². The number of hydrogen-bond donors (Lipinski definition) is 2. The van der Waals surface area contributed by atoms with Crippen molar-refractivity contribution >= 4 is 5.97 Å². The van der Waals surface area contributed by atoms with E-state index >= 15 is 0 Å². The summed E-state index contributed by atoms with van der Waals surface area (Å²) in [6.07, 6.45) is 2.16. The van der Waals surface area contributed by atoms with Crippen LogP contribution in [0.4, 0.5) is 0 Å². The number of carbonyl (C=O) groups is 1. The Labute approximate surface area is 123 Å². The molecule has 110 valence electrons. The van der Waals surface area contributed by atoms with Crippen LogP contribution in [-0.2, 0) is 22.6 Å². The molecule has 21 heavy (non-hydrogen) atoms. The number of aliphatic hydroxyl groups excluding tert-OH is 1. The van der Waals surface area contributed by atoms with Gasteiger partial charge in [-0.25, -0.2) is 0 Å². The molecular weight excluding hydrogens is 268 g/mol. The third-order valence-electron chi connectivity index (χ3n) is 3.23. The molecule has 2 rings (SSSR count). The van der Waals surface area contributed by atoms with Crippen molar-refractivity contribution < 1.29 is 14.6 Å². The molecule has 0 aliphatic carbocycles. The first kappa shape index (κ1) is 15.2. The quantitative estimate of drug-likeness (QED) is 0.809. The summed E-state index contributed by atoms with van der Waals surface area (Å²) < 4.78 is 4.61. The standard InChI is InChI=1S/C16H18N2O3/c1-21-16(20)15(17)8-11-2-4-12(5-3-11)13-6-7-14(10-19)18-9-13/h2-7,9,15,19H,8,10,17H2,1H3. The van der Waals surface area contributed by atoms with Crippen molar-refractivity contribution in [2.75, 3.05) is 7.11 Å². The summed E-state index contributed by atoms with van der Waals surface area (Å²) in [5.74, 6) is -0.414. The van der Waals surface area contributed by atoms with Crippen molar-refractivity contribution in [1.29, 1.82) is 0 Å². The number of benzene rings is 1. The van der Waals surface area contributed by atoms with Crippen LogP contribution in [0.5, 0.6) is 0 Å². The molecule has 0 radical (unpaired) electrons. The summed E-state index contributed by atoms with van der Waals surface area (Å²) in [5.41, 5.74) is 9.32. The number of nitrogens with zero attached hydrogens (tertiary/aromatic N) is 1. The first-order valence-corrected chi connectivity index (χ1v) is 6.62. The Morgan fingerprint density at radius 2 is 1.90 bits per heavy atom. The van der Waals surface area contributed by atoms with Gasteiger partial charge in [0, 0.05) is 11.8 Å². The minimum absolute atomic E-state index is 0.0648. The maximum atomic E-state index is 11.3. The highest BCUT2D eigenvalue weighted by Gasteiger charge is 2.14. The highest BCUT2D eigenvalue weighted by atomic mass is 16.5. The van der Waals surface area contributed by atoms with Gasteiger partial charge in [0.2, 0.25) is 0 Å². The average Bonchev–Trinajstić information content (AvgIpc) is 2.55. The van der Waals surface area contributed by atoms with E-state index in [0.29, 0.717) is 12.1 Å². The first-order valence-electron chi connectivity index (χ1n) is 6.62. The highest BCUT2D eigenvalue weighted by Crippen LogP contribution is 2.19. The van der Waals surface area contributed by atoms with E-state index in [1.807, 2.05) is 30.3 Å². The zero-order chi connectivity index (χ0) is 15.2. The van der Waals surface area contributed by atoms with Crippen LogP contribution in [0.2, 0.25) is 0 Å². The number of ether oxygens (including phenoxy) is 1. The monoisotopic (exact) mass is 286 g/mol. The van der Waals surface area contributed by atoms with Crippen LogP contribution >= 0.6 is 0 Å². The van der Waals surface area contributed by atoms with Crippen molar-refractivity contribution in [3.8, 4) is 11.1 Å². The Kier molecular flexibility index (Phi) is 5.03.